The zero-order chi connectivity index (χ0) is 15.9. The number of nitrogens with two attached hydrogens (primary N) is 1. The molecule has 0 aliphatic carbocycles. The average Bonchev–Trinajstić information content (AvgIpc) is 2.52. The lowest BCUT2D eigenvalue weighted by Gasteiger charge is -2.13. The van der Waals surface area contributed by atoms with Crippen LogP contribution in [0.15, 0.2) is 42.5 Å². The number of thiocarbonyl (C=S) groups is 1. The van der Waals surface area contributed by atoms with Crippen molar-refractivity contribution in [3.05, 3.63) is 53.1 Å². The number of ether oxygens (including phenoxy) is 3. The average molecular weight is 338 g/mol. The van der Waals surface area contributed by atoms with E-state index in [1.165, 1.54) is 0 Å². The third kappa shape index (κ3) is 4.26. The molecule has 6 heteroatoms. The van der Waals surface area contributed by atoms with Crippen molar-refractivity contribution >= 4 is 28.8 Å². The fraction of sp³-hybridized carbons (Fsp3) is 0.188. The fourth-order valence-electron chi connectivity index (χ4n) is 1.86. The van der Waals surface area contributed by atoms with E-state index in [9.17, 15) is 0 Å². The van der Waals surface area contributed by atoms with Gasteiger partial charge in [0.15, 0.2) is 11.5 Å². The van der Waals surface area contributed by atoms with Gasteiger partial charge in [-0.3, -0.25) is 0 Å². The van der Waals surface area contributed by atoms with E-state index < -0.39 is 0 Å². The minimum atomic E-state index is 0.239. The van der Waals surface area contributed by atoms with E-state index in [-0.39, 0.29) is 4.99 Å². The molecule has 0 aromatic heterocycles. The van der Waals surface area contributed by atoms with E-state index in [0.717, 1.165) is 0 Å². The second-order valence-corrected chi connectivity index (χ2v) is 5.23. The summed E-state index contributed by atoms with van der Waals surface area (Å²) >= 11 is 10.9. The first-order valence-corrected chi connectivity index (χ1v) is 7.38. The quantitative estimate of drug-likeness (QED) is 0.619. The number of halogens is 1. The van der Waals surface area contributed by atoms with Crippen molar-refractivity contribution in [2.75, 3.05) is 20.3 Å². The fourth-order valence-corrected chi connectivity index (χ4v) is 2.19. The van der Waals surface area contributed by atoms with Crippen molar-refractivity contribution in [1.82, 2.24) is 0 Å². The van der Waals surface area contributed by atoms with Crippen LogP contribution < -0.4 is 19.9 Å². The van der Waals surface area contributed by atoms with Crippen molar-refractivity contribution in [2.24, 2.45) is 5.73 Å². The maximum atomic E-state index is 5.93. The minimum absolute atomic E-state index is 0.239. The number of para-hydroxylation sites is 2. The summed E-state index contributed by atoms with van der Waals surface area (Å²) in [5.74, 6) is 1.93. The first-order chi connectivity index (χ1) is 10.6. The van der Waals surface area contributed by atoms with Crippen molar-refractivity contribution in [3.63, 3.8) is 0 Å². The molecular formula is C16H16ClNO3S. The number of rotatable bonds is 7. The lowest BCUT2D eigenvalue weighted by molar-refractivity contribution is 0.211. The largest absolute Gasteiger partial charge is 0.493 e. The predicted octanol–water partition coefficient (Wildman–Crippen LogP) is 3.44. The standard InChI is InChI=1S/C16H16ClNO3S/c1-19-14-4-2-3-5-15(14)21-9-8-20-13-7-6-11(17)10-12(13)16(18)22/h2-7,10H,8-9H2,1H3,(H2,18,22). The van der Waals surface area contributed by atoms with E-state index in [0.29, 0.717) is 41.0 Å². The molecule has 0 bridgehead atoms. The smallest absolute Gasteiger partial charge is 0.161 e. The molecule has 0 saturated carbocycles. The SMILES string of the molecule is COc1ccccc1OCCOc1ccc(Cl)cc1C(N)=S. The van der Waals surface area contributed by atoms with Gasteiger partial charge in [0.05, 0.1) is 12.7 Å². The number of hydrogen-bond acceptors (Lipinski definition) is 4. The summed E-state index contributed by atoms with van der Waals surface area (Å²) in [6, 6.07) is 12.6. The van der Waals surface area contributed by atoms with Crippen LogP contribution in [0.2, 0.25) is 5.02 Å². The molecule has 0 saturated heterocycles. The summed E-state index contributed by atoms with van der Waals surface area (Å²) in [5.41, 5.74) is 6.27. The Balaban J connectivity index is 1.93. The van der Waals surface area contributed by atoms with Gasteiger partial charge in [0.25, 0.3) is 0 Å². The molecule has 2 aromatic carbocycles. The molecular weight excluding hydrogens is 322 g/mol. The second kappa shape index (κ2) is 7.87. The number of hydrogen-bond donors (Lipinski definition) is 1. The highest BCUT2D eigenvalue weighted by Crippen LogP contribution is 2.26. The Morgan fingerprint density at radius 1 is 1.05 bits per heavy atom. The maximum Gasteiger partial charge on any atom is 0.161 e. The summed E-state index contributed by atoms with van der Waals surface area (Å²) in [6.07, 6.45) is 0. The van der Waals surface area contributed by atoms with Gasteiger partial charge in [-0.1, -0.05) is 36.0 Å². The van der Waals surface area contributed by atoms with Gasteiger partial charge in [0.2, 0.25) is 0 Å². The van der Waals surface area contributed by atoms with Gasteiger partial charge in [-0.05, 0) is 30.3 Å². The Bertz CT molecular complexity index is 664. The molecule has 0 fully saturated rings. The highest BCUT2D eigenvalue weighted by molar-refractivity contribution is 7.80. The lowest BCUT2D eigenvalue weighted by atomic mass is 10.2. The first kappa shape index (κ1) is 16.4. The van der Waals surface area contributed by atoms with Crippen LogP contribution in [-0.2, 0) is 0 Å². The zero-order valence-electron chi connectivity index (χ0n) is 12.0. The van der Waals surface area contributed by atoms with Crippen molar-refractivity contribution < 1.29 is 14.2 Å². The van der Waals surface area contributed by atoms with Gasteiger partial charge >= 0.3 is 0 Å². The summed E-state index contributed by atoms with van der Waals surface area (Å²) < 4.78 is 16.5. The van der Waals surface area contributed by atoms with Crippen LogP contribution in [0.4, 0.5) is 0 Å². The van der Waals surface area contributed by atoms with Gasteiger partial charge in [-0.2, -0.15) is 0 Å². The van der Waals surface area contributed by atoms with Gasteiger partial charge in [0.1, 0.15) is 24.0 Å². The van der Waals surface area contributed by atoms with E-state index >= 15 is 0 Å². The Morgan fingerprint density at radius 3 is 2.32 bits per heavy atom. The lowest BCUT2D eigenvalue weighted by Crippen LogP contribution is -2.14. The number of benzene rings is 2. The highest BCUT2D eigenvalue weighted by Gasteiger charge is 2.08. The molecule has 0 radical (unpaired) electrons. The Morgan fingerprint density at radius 2 is 1.68 bits per heavy atom. The summed E-state index contributed by atoms with van der Waals surface area (Å²) in [5, 5.41) is 0.556. The third-order valence-corrected chi connectivity index (χ3v) is 3.33. The number of methoxy groups -OCH3 is 1. The van der Waals surface area contributed by atoms with Crippen LogP contribution in [0.3, 0.4) is 0 Å². The van der Waals surface area contributed by atoms with Crippen LogP contribution >= 0.6 is 23.8 Å². The van der Waals surface area contributed by atoms with Crippen LogP contribution in [-0.4, -0.2) is 25.3 Å². The molecule has 4 nitrogen and oxygen atoms in total. The molecule has 0 unspecified atom stereocenters. The van der Waals surface area contributed by atoms with Crippen LogP contribution in [0.5, 0.6) is 17.2 Å². The summed E-state index contributed by atoms with van der Waals surface area (Å²) in [7, 11) is 1.60. The molecule has 0 spiro atoms. The van der Waals surface area contributed by atoms with Crippen LogP contribution in [0, 0.1) is 0 Å². The molecule has 0 aliphatic heterocycles. The first-order valence-electron chi connectivity index (χ1n) is 6.60. The van der Waals surface area contributed by atoms with Gasteiger partial charge in [-0.25, -0.2) is 0 Å². The molecule has 2 aromatic rings. The Hall–Kier alpha value is -1.98. The zero-order valence-corrected chi connectivity index (χ0v) is 13.6. The van der Waals surface area contributed by atoms with Gasteiger partial charge < -0.3 is 19.9 Å². The van der Waals surface area contributed by atoms with Crippen LogP contribution in [0.25, 0.3) is 0 Å². The molecule has 0 amide bonds. The predicted molar refractivity (Wildman–Crippen MR) is 91.3 cm³/mol. The normalized spacial score (nSPS) is 10.1. The Kier molecular flexibility index (Phi) is 5.86. The molecule has 116 valence electrons. The highest BCUT2D eigenvalue weighted by atomic mass is 35.5. The third-order valence-electron chi connectivity index (χ3n) is 2.87. The molecule has 0 atom stereocenters. The van der Waals surface area contributed by atoms with E-state index in [1.807, 2.05) is 24.3 Å². The van der Waals surface area contributed by atoms with E-state index in [2.05, 4.69) is 0 Å². The molecule has 2 rings (SSSR count). The van der Waals surface area contributed by atoms with Crippen molar-refractivity contribution in [1.29, 1.82) is 0 Å². The maximum absolute atomic E-state index is 5.93. The minimum Gasteiger partial charge on any atom is -0.493 e. The van der Waals surface area contributed by atoms with Crippen molar-refractivity contribution in [3.8, 4) is 17.2 Å². The Labute approximate surface area is 139 Å². The molecule has 0 heterocycles. The van der Waals surface area contributed by atoms with Crippen molar-refractivity contribution in [2.45, 2.75) is 0 Å². The molecule has 2 N–H and O–H groups in total. The van der Waals surface area contributed by atoms with Gasteiger partial charge in [-0.15, -0.1) is 0 Å². The van der Waals surface area contributed by atoms with Gasteiger partial charge in [0, 0.05) is 5.02 Å². The van der Waals surface area contributed by atoms with E-state index in [1.54, 1.807) is 25.3 Å². The topological polar surface area (TPSA) is 53.7 Å². The molecule has 0 aliphatic rings. The monoisotopic (exact) mass is 337 g/mol. The second-order valence-electron chi connectivity index (χ2n) is 4.35. The van der Waals surface area contributed by atoms with Crippen LogP contribution in [0.1, 0.15) is 5.56 Å². The molecule has 22 heavy (non-hydrogen) atoms. The summed E-state index contributed by atoms with van der Waals surface area (Å²) in [4.78, 5) is 0.239. The van der Waals surface area contributed by atoms with E-state index in [4.69, 9.17) is 43.8 Å². The summed E-state index contributed by atoms with van der Waals surface area (Å²) in [6.45, 7) is 0.703.